The Morgan fingerprint density at radius 3 is 2.47 bits per heavy atom. The van der Waals surface area contributed by atoms with Gasteiger partial charge in [-0.25, -0.2) is 0 Å². The van der Waals surface area contributed by atoms with Crippen molar-refractivity contribution in [2.75, 3.05) is 12.3 Å². The van der Waals surface area contributed by atoms with Crippen molar-refractivity contribution in [1.29, 1.82) is 0 Å². The summed E-state index contributed by atoms with van der Waals surface area (Å²) < 4.78 is 5.05. The van der Waals surface area contributed by atoms with E-state index in [0.29, 0.717) is 13.0 Å². The predicted octanol–water partition coefficient (Wildman–Crippen LogP) is 2.64. The number of ether oxygens (including phenoxy) is 1. The molecule has 1 aliphatic carbocycles. The Balaban J connectivity index is 2.14. The van der Waals surface area contributed by atoms with E-state index in [1.54, 1.807) is 0 Å². The lowest BCUT2D eigenvalue weighted by Crippen LogP contribution is -2.37. The Bertz CT molecular complexity index is 393. The Morgan fingerprint density at radius 1 is 1.35 bits per heavy atom. The molecule has 0 aliphatic heterocycles. The summed E-state index contributed by atoms with van der Waals surface area (Å²) in [6.07, 6.45) is 3.81. The number of carbonyl (C=O) groups excluding carboxylic acids is 1. The summed E-state index contributed by atoms with van der Waals surface area (Å²) in [5.41, 5.74) is 7.66. The molecule has 0 atom stereocenters. The average Bonchev–Trinajstić information content (AvgIpc) is 2.25. The third-order valence-corrected chi connectivity index (χ3v) is 3.62. The van der Waals surface area contributed by atoms with Gasteiger partial charge in [0.25, 0.3) is 0 Å². The summed E-state index contributed by atoms with van der Waals surface area (Å²) >= 11 is 0. The van der Waals surface area contributed by atoms with E-state index < -0.39 is 0 Å². The molecule has 2 N–H and O–H groups in total. The van der Waals surface area contributed by atoms with Crippen LogP contribution in [0.1, 0.15) is 38.2 Å². The minimum Gasteiger partial charge on any atom is -0.466 e. The molecule has 17 heavy (non-hydrogen) atoms. The Kier molecular flexibility index (Phi) is 3.36. The van der Waals surface area contributed by atoms with Crippen LogP contribution in [-0.2, 0) is 14.9 Å². The average molecular weight is 233 g/mol. The van der Waals surface area contributed by atoms with Gasteiger partial charge in [-0.3, -0.25) is 4.79 Å². The molecule has 0 saturated heterocycles. The maximum Gasteiger partial charge on any atom is 0.306 e. The van der Waals surface area contributed by atoms with Gasteiger partial charge in [-0.2, -0.15) is 0 Å². The van der Waals surface area contributed by atoms with E-state index in [9.17, 15) is 4.79 Å². The molecule has 3 nitrogen and oxygen atoms in total. The molecule has 1 aromatic rings. The van der Waals surface area contributed by atoms with Crippen molar-refractivity contribution in [3.05, 3.63) is 29.8 Å². The molecule has 0 heterocycles. The quantitative estimate of drug-likeness (QED) is 0.642. The van der Waals surface area contributed by atoms with Crippen LogP contribution in [0.5, 0.6) is 0 Å². The molecule has 1 saturated carbocycles. The summed E-state index contributed by atoms with van der Waals surface area (Å²) in [5, 5.41) is 0. The third kappa shape index (κ3) is 2.43. The minimum atomic E-state index is -0.0935. The lowest BCUT2D eigenvalue weighted by atomic mass is 9.62. The van der Waals surface area contributed by atoms with Crippen molar-refractivity contribution in [1.82, 2.24) is 0 Å². The second-order valence-electron chi connectivity index (χ2n) is 4.74. The van der Waals surface area contributed by atoms with Crippen LogP contribution in [0.15, 0.2) is 24.3 Å². The summed E-state index contributed by atoms with van der Waals surface area (Å²) in [5.74, 6) is -0.0935. The van der Waals surface area contributed by atoms with Crippen LogP contribution < -0.4 is 5.73 Å². The molecule has 0 bridgehead atoms. The van der Waals surface area contributed by atoms with Crippen LogP contribution in [-0.4, -0.2) is 12.6 Å². The highest BCUT2D eigenvalue weighted by atomic mass is 16.5. The van der Waals surface area contributed by atoms with Gasteiger partial charge < -0.3 is 10.5 Å². The molecule has 0 unspecified atom stereocenters. The molecule has 0 amide bonds. The molecule has 0 aromatic heterocycles. The maximum atomic E-state index is 11.6. The van der Waals surface area contributed by atoms with E-state index in [1.165, 1.54) is 12.0 Å². The van der Waals surface area contributed by atoms with Gasteiger partial charge in [-0.1, -0.05) is 18.6 Å². The van der Waals surface area contributed by atoms with Crippen molar-refractivity contribution < 1.29 is 9.53 Å². The summed E-state index contributed by atoms with van der Waals surface area (Å²) in [6, 6.07) is 7.88. The molecule has 0 spiro atoms. The van der Waals surface area contributed by atoms with Crippen LogP contribution in [0.3, 0.4) is 0 Å². The molecule has 2 rings (SSSR count). The number of nitrogens with two attached hydrogens (primary N) is 1. The highest BCUT2D eigenvalue weighted by Crippen LogP contribution is 2.46. The molecule has 3 heteroatoms. The van der Waals surface area contributed by atoms with Crippen molar-refractivity contribution in [2.45, 2.75) is 38.0 Å². The lowest BCUT2D eigenvalue weighted by Gasteiger charge is -2.41. The van der Waals surface area contributed by atoms with Gasteiger partial charge in [-0.15, -0.1) is 0 Å². The van der Waals surface area contributed by atoms with Gasteiger partial charge in [0.1, 0.15) is 0 Å². The van der Waals surface area contributed by atoms with Crippen molar-refractivity contribution >= 4 is 11.7 Å². The van der Waals surface area contributed by atoms with Crippen molar-refractivity contribution in [3.8, 4) is 0 Å². The third-order valence-electron chi connectivity index (χ3n) is 3.62. The van der Waals surface area contributed by atoms with Gasteiger partial charge >= 0.3 is 5.97 Å². The van der Waals surface area contributed by atoms with Crippen LogP contribution in [0.4, 0.5) is 5.69 Å². The van der Waals surface area contributed by atoms with Gasteiger partial charge in [0.2, 0.25) is 0 Å². The molecule has 92 valence electrons. The van der Waals surface area contributed by atoms with Gasteiger partial charge in [-0.05, 0) is 37.5 Å². The second kappa shape index (κ2) is 4.78. The number of esters is 1. The first-order chi connectivity index (χ1) is 8.16. The van der Waals surface area contributed by atoms with Crippen molar-refractivity contribution in [2.24, 2.45) is 0 Å². The van der Waals surface area contributed by atoms with Gasteiger partial charge in [0.05, 0.1) is 13.0 Å². The van der Waals surface area contributed by atoms with Crippen LogP contribution in [0.25, 0.3) is 0 Å². The second-order valence-corrected chi connectivity index (χ2v) is 4.74. The number of hydrogen-bond donors (Lipinski definition) is 1. The molecular formula is C14H19NO2. The van der Waals surface area contributed by atoms with Crippen molar-refractivity contribution in [3.63, 3.8) is 0 Å². The molecular weight excluding hydrogens is 214 g/mol. The molecule has 1 aliphatic rings. The van der Waals surface area contributed by atoms with Crippen LogP contribution >= 0.6 is 0 Å². The lowest BCUT2D eigenvalue weighted by molar-refractivity contribution is -0.145. The summed E-state index contributed by atoms with van der Waals surface area (Å²) in [6.45, 7) is 2.30. The predicted molar refractivity (Wildman–Crippen MR) is 67.6 cm³/mol. The number of anilines is 1. The fourth-order valence-corrected chi connectivity index (χ4v) is 2.50. The Hall–Kier alpha value is -1.51. The zero-order valence-electron chi connectivity index (χ0n) is 10.2. The van der Waals surface area contributed by atoms with E-state index in [0.717, 1.165) is 18.5 Å². The first kappa shape index (κ1) is 12.0. The van der Waals surface area contributed by atoms with E-state index in [-0.39, 0.29) is 11.4 Å². The number of carbonyl (C=O) groups is 1. The normalized spacial score (nSPS) is 17.2. The molecule has 0 radical (unpaired) electrons. The summed E-state index contributed by atoms with van der Waals surface area (Å²) in [4.78, 5) is 11.6. The first-order valence-electron chi connectivity index (χ1n) is 6.18. The molecule has 1 fully saturated rings. The highest BCUT2D eigenvalue weighted by Gasteiger charge is 2.40. The fraction of sp³-hybridized carbons (Fsp3) is 0.500. The van der Waals surface area contributed by atoms with Crippen LogP contribution in [0.2, 0.25) is 0 Å². The topological polar surface area (TPSA) is 52.3 Å². The smallest absolute Gasteiger partial charge is 0.306 e. The zero-order valence-corrected chi connectivity index (χ0v) is 10.2. The summed E-state index contributed by atoms with van der Waals surface area (Å²) in [7, 11) is 0. The number of rotatable bonds is 4. The largest absolute Gasteiger partial charge is 0.466 e. The maximum absolute atomic E-state index is 11.6. The standard InChI is InChI=1S/C14H19NO2/c1-2-17-13(16)10-14(8-3-9-14)11-4-6-12(15)7-5-11/h4-7H,2-3,8-10,15H2,1H3. The zero-order chi connectivity index (χ0) is 12.3. The number of benzene rings is 1. The first-order valence-corrected chi connectivity index (χ1v) is 6.18. The Labute approximate surface area is 102 Å². The molecule has 1 aromatic carbocycles. The minimum absolute atomic E-state index is 0.0000463. The number of hydrogen-bond acceptors (Lipinski definition) is 3. The monoisotopic (exact) mass is 233 g/mol. The van der Waals surface area contributed by atoms with E-state index in [1.807, 2.05) is 31.2 Å². The van der Waals surface area contributed by atoms with E-state index >= 15 is 0 Å². The Morgan fingerprint density at radius 2 is 2.00 bits per heavy atom. The number of nitrogen functional groups attached to an aromatic ring is 1. The fourth-order valence-electron chi connectivity index (χ4n) is 2.50. The van der Waals surface area contributed by atoms with Crippen LogP contribution in [0, 0.1) is 0 Å². The van der Waals surface area contributed by atoms with E-state index in [4.69, 9.17) is 10.5 Å². The van der Waals surface area contributed by atoms with E-state index in [2.05, 4.69) is 0 Å². The van der Waals surface area contributed by atoms with Gasteiger partial charge in [0, 0.05) is 11.1 Å². The highest BCUT2D eigenvalue weighted by molar-refractivity contribution is 5.72. The SMILES string of the molecule is CCOC(=O)CC1(c2ccc(N)cc2)CCC1. The van der Waals surface area contributed by atoms with Gasteiger partial charge in [0.15, 0.2) is 0 Å².